The minimum absolute atomic E-state index is 0.0139. The minimum Gasteiger partial charge on any atom is -0.481 e. The molecular formula is C17H17N3O. The molecule has 0 saturated heterocycles. The molecule has 21 heavy (non-hydrogen) atoms. The maximum atomic E-state index is 5.37. The molecule has 106 valence electrons. The summed E-state index contributed by atoms with van der Waals surface area (Å²) in [6, 6.07) is 14.3. The molecule has 4 nitrogen and oxygen atoms in total. The fourth-order valence-corrected chi connectivity index (χ4v) is 2.56. The van der Waals surface area contributed by atoms with Gasteiger partial charge < -0.3 is 10.1 Å². The number of fused-ring (bicyclic) bond motifs is 1. The molecule has 0 aliphatic carbocycles. The van der Waals surface area contributed by atoms with Gasteiger partial charge in [0.15, 0.2) is 0 Å². The van der Waals surface area contributed by atoms with Crippen LogP contribution in [0.4, 0.5) is 0 Å². The van der Waals surface area contributed by atoms with Crippen molar-refractivity contribution >= 4 is 10.9 Å². The second-order valence-corrected chi connectivity index (χ2v) is 4.78. The molecule has 1 atom stereocenters. The molecule has 4 heteroatoms. The quantitative estimate of drug-likeness (QED) is 0.797. The molecule has 1 N–H and O–H groups in total. The second kappa shape index (κ2) is 5.89. The van der Waals surface area contributed by atoms with Gasteiger partial charge in [-0.05, 0) is 30.8 Å². The maximum Gasteiger partial charge on any atom is 0.218 e. The second-order valence-electron chi connectivity index (χ2n) is 4.78. The van der Waals surface area contributed by atoms with Crippen LogP contribution >= 0.6 is 0 Å². The van der Waals surface area contributed by atoms with Crippen LogP contribution < -0.4 is 10.1 Å². The summed E-state index contributed by atoms with van der Waals surface area (Å²) in [4.78, 5) is 8.70. The molecule has 2 aromatic heterocycles. The molecule has 0 fully saturated rings. The molecule has 0 bridgehead atoms. The monoisotopic (exact) mass is 279 g/mol. The molecule has 3 aromatic rings. The van der Waals surface area contributed by atoms with Gasteiger partial charge in [-0.2, -0.15) is 0 Å². The number of pyridine rings is 2. The average molecular weight is 279 g/mol. The number of aromatic nitrogens is 2. The number of ether oxygens (including phenoxy) is 1. The van der Waals surface area contributed by atoms with Crippen molar-refractivity contribution < 1.29 is 4.74 Å². The van der Waals surface area contributed by atoms with E-state index in [2.05, 4.69) is 39.6 Å². The van der Waals surface area contributed by atoms with E-state index >= 15 is 0 Å². The highest BCUT2D eigenvalue weighted by Gasteiger charge is 2.17. The van der Waals surface area contributed by atoms with Crippen molar-refractivity contribution in [2.24, 2.45) is 0 Å². The SMILES string of the molecule is CNC(c1ccc2cccnc2c1)c1cccnc1OC. The lowest BCUT2D eigenvalue weighted by Gasteiger charge is -2.19. The Bertz CT molecular complexity index is 758. The summed E-state index contributed by atoms with van der Waals surface area (Å²) in [5.41, 5.74) is 3.13. The van der Waals surface area contributed by atoms with E-state index in [1.165, 1.54) is 0 Å². The third kappa shape index (κ3) is 2.58. The highest BCUT2D eigenvalue weighted by atomic mass is 16.5. The summed E-state index contributed by atoms with van der Waals surface area (Å²) in [5.74, 6) is 0.637. The van der Waals surface area contributed by atoms with E-state index in [1.807, 2.05) is 31.4 Å². The third-order valence-electron chi connectivity index (χ3n) is 3.56. The van der Waals surface area contributed by atoms with Crippen molar-refractivity contribution in [3.8, 4) is 5.88 Å². The first kappa shape index (κ1) is 13.5. The van der Waals surface area contributed by atoms with Crippen molar-refractivity contribution in [3.63, 3.8) is 0 Å². The summed E-state index contributed by atoms with van der Waals surface area (Å²) >= 11 is 0. The van der Waals surface area contributed by atoms with Crippen LogP contribution in [0.25, 0.3) is 10.9 Å². The summed E-state index contributed by atoms with van der Waals surface area (Å²) in [7, 11) is 3.57. The number of nitrogens with one attached hydrogen (secondary N) is 1. The van der Waals surface area contributed by atoms with Gasteiger partial charge in [0.05, 0.1) is 18.7 Å². The summed E-state index contributed by atoms with van der Waals surface area (Å²) in [6.45, 7) is 0. The standard InChI is InChI=1S/C17H17N3O/c1-18-16(14-6-4-10-20-17(14)21-2)13-8-7-12-5-3-9-19-15(12)11-13/h3-11,16,18H,1-2H3. The first-order valence-corrected chi connectivity index (χ1v) is 6.84. The predicted octanol–water partition coefficient (Wildman–Crippen LogP) is 2.95. The molecule has 2 heterocycles. The lowest BCUT2D eigenvalue weighted by Crippen LogP contribution is -2.18. The van der Waals surface area contributed by atoms with Crippen LogP contribution in [0.2, 0.25) is 0 Å². The molecule has 3 rings (SSSR count). The molecule has 0 spiro atoms. The summed E-state index contributed by atoms with van der Waals surface area (Å²) in [5, 5.41) is 4.46. The van der Waals surface area contributed by atoms with Crippen molar-refractivity contribution in [1.82, 2.24) is 15.3 Å². The van der Waals surface area contributed by atoms with Crippen molar-refractivity contribution in [1.29, 1.82) is 0 Å². The van der Waals surface area contributed by atoms with Gasteiger partial charge in [0.1, 0.15) is 0 Å². The highest BCUT2D eigenvalue weighted by molar-refractivity contribution is 5.79. The van der Waals surface area contributed by atoms with Crippen LogP contribution in [0.1, 0.15) is 17.2 Å². The van der Waals surface area contributed by atoms with Gasteiger partial charge >= 0.3 is 0 Å². The van der Waals surface area contributed by atoms with E-state index in [4.69, 9.17) is 4.74 Å². The number of nitrogens with zero attached hydrogens (tertiary/aromatic N) is 2. The van der Waals surface area contributed by atoms with E-state index in [9.17, 15) is 0 Å². The Morgan fingerprint density at radius 1 is 1.05 bits per heavy atom. The molecule has 0 aliphatic heterocycles. The number of hydrogen-bond donors (Lipinski definition) is 1. The normalized spacial score (nSPS) is 12.3. The van der Waals surface area contributed by atoms with E-state index in [0.29, 0.717) is 5.88 Å². The maximum absolute atomic E-state index is 5.37. The Balaban J connectivity index is 2.09. The van der Waals surface area contributed by atoms with E-state index < -0.39 is 0 Å². The van der Waals surface area contributed by atoms with Crippen molar-refractivity contribution in [3.05, 3.63) is 66.0 Å². The Morgan fingerprint density at radius 3 is 2.67 bits per heavy atom. The van der Waals surface area contributed by atoms with Crippen molar-refractivity contribution in [2.45, 2.75) is 6.04 Å². The zero-order chi connectivity index (χ0) is 14.7. The number of hydrogen-bond acceptors (Lipinski definition) is 4. The largest absolute Gasteiger partial charge is 0.481 e. The van der Waals surface area contributed by atoms with Crippen LogP contribution in [0, 0.1) is 0 Å². The van der Waals surface area contributed by atoms with Crippen LogP contribution in [-0.2, 0) is 0 Å². The van der Waals surface area contributed by atoms with Gasteiger partial charge in [-0.3, -0.25) is 4.98 Å². The Hall–Kier alpha value is -2.46. The molecule has 1 unspecified atom stereocenters. The number of methoxy groups -OCH3 is 1. The van der Waals surface area contributed by atoms with E-state index in [1.54, 1.807) is 13.3 Å². The van der Waals surface area contributed by atoms with Crippen LogP contribution in [-0.4, -0.2) is 24.1 Å². The number of benzene rings is 1. The fourth-order valence-electron chi connectivity index (χ4n) is 2.56. The van der Waals surface area contributed by atoms with Gasteiger partial charge in [0, 0.05) is 23.3 Å². The Morgan fingerprint density at radius 2 is 1.86 bits per heavy atom. The Kier molecular flexibility index (Phi) is 3.79. The molecular weight excluding hydrogens is 262 g/mol. The molecule has 1 aromatic carbocycles. The summed E-state index contributed by atoms with van der Waals surface area (Å²) in [6.07, 6.45) is 3.54. The third-order valence-corrected chi connectivity index (χ3v) is 3.56. The van der Waals surface area contributed by atoms with Gasteiger partial charge in [-0.25, -0.2) is 4.98 Å². The lowest BCUT2D eigenvalue weighted by molar-refractivity contribution is 0.388. The molecule has 0 saturated carbocycles. The van der Waals surface area contributed by atoms with Crippen LogP contribution in [0.5, 0.6) is 5.88 Å². The topological polar surface area (TPSA) is 47.0 Å². The smallest absolute Gasteiger partial charge is 0.218 e. The molecule has 0 aliphatic rings. The zero-order valence-electron chi connectivity index (χ0n) is 12.1. The van der Waals surface area contributed by atoms with E-state index in [-0.39, 0.29) is 6.04 Å². The first-order chi connectivity index (χ1) is 10.3. The van der Waals surface area contributed by atoms with Gasteiger partial charge in [-0.15, -0.1) is 0 Å². The van der Waals surface area contributed by atoms with Gasteiger partial charge in [0.2, 0.25) is 5.88 Å². The number of rotatable bonds is 4. The predicted molar refractivity (Wildman–Crippen MR) is 83.4 cm³/mol. The van der Waals surface area contributed by atoms with Crippen molar-refractivity contribution in [2.75, 3.05) is 14.2 Å². The lowest BCUT2D eigenvalue weighted by atomic mass is 9.98. The first-order valence-electron chi connectivity index (χ1n) is 6.84. The molecule has 0 radical (unpaired) electrons. The van der Waals surface area contributed by atoms with E-state index in [0.717, 1.165) is 22.0 Å². The molecule has 0 amide bonds. The van der Waals surface area contributed by atoms with Gasteiger partial charge in [0.25, 0.3) is 0 Å². The summed E-state index contributed by atoms with van der Waals surface area (Å²) < 4.78 is 5.37. The Labute approximate surface area is 123 Å². The zero-order valence-corrected chi connectivity index (χ0v) is 12.1. The van der Waals surface area contributed by atoms with Crippen LogP contribution in [0.15, 0.2) is 54.9 Å². The highest BCUT2D eigenvalue weighted by Crippen LogP contribution is 2.29. The fraction of sp³-hybridized carbons (Fsp3) is 0.176. The minimum atomic E-state index is 0.0139. The average Bonchev–Trinajstić information content (AvgIpc) is 2.56. The van der Waals surface area contributed by atoms with Crippen LogP contribution in [0.3, 0.4) is 0 Å². The van der Waals surface area contributed by atoms with Gasteiger partial charge in [-0.1, -0.05) is 24.3 Å².